The van der Waals surface area contributed by atoms with Gasteiger partial charge in [-0.25, -0.2) is 4.79 Å². The van der Waals surface area contributed by atoms with Gasteiger partial charge >= 0.3 is 5.97 Å². The molecule has 4 nitrogen and oxygen atoms in total. The number of carbonyl (C=O) groups is 1. The molecule has 0 atom stereocenters. The minimum atomic E-state index is -0.434. The van der Waals surface area contributed by atoms with E-state index in [4.69, 9.17) is 9.15 Å². The molecule has 0 spiro atoms. The molecule has 0 aliphatic carbocycles. The lowest BCUT2D eigenvalue weighted by Gasteiger charge is -2.01. The molecule has 0 saturated heterocycles. The Morgan fingerprint density at radius 2 is 2.20 bits per heavy atom. The van der Waals surface area contributed by atoms with Crippen molar-refractivity contribution in [1.82, 2.24) is 4.98 Å². The number of furan rings is 1. The first kappa shape index (κ1) is 12.4. The van der Waals surface area contributed by atoms with Crippen LogP contribution >= 0.6 is 0 Å². The number of ether oxygens (including phenoxy) is 1. The van der Waals surface area contributed by atoms with Crippen LogP contribution in [0.2, 0.25) is 0 Å². The second-order valence-corrected chi connectivity index (χ2v) is 4.33. The van der Waals surface area contributed by atoms with Crippen LogP contribution < -0.4 is 0 Å². The number of rotatable bonds is 3. The number of hydrogen-bond acceptors (Lipinski definition) is 4. The molecule has 0 bridgehead atoms. The molecular formula is C16H13NO3. The summed E-state index contributed by atoms with van der Waals surface area (Å²) in [4.78, 5) is 15.9. The Balaban J connectivity index is 2.04. The number of nitrogens with zero attached hydrogens (tertiary/aromatic N) is 1. The molecule has 0 amide bonds. The Labute approximate surface area is 116 Å². The molecule has 0 N–H and O–H groups in total. The van der Waals surface area contributed by atoms with Gasteiger partial charge in [0.2, 0.25) is 5.76 Å². The molecule has 4 heteroatoms. The summed E-state index contributed by atoms with van der Waals surface area (Å²) >= 11 is 0. The second-order valence-electron chi connectivity index (χ2n) is 4.33. The van der Waals surface area contributed by atoms with Crippen LogP contribution in [0.4, 0.5) is 0 Å². The topological polar surface area (TPSA) is 52.3 Å². The van der Waals surface area contributed by atoms with E-state index in [0.29, 0.717) is 6.61 Å². The van der Waals surface area contributed by atoms with Crippen molar-refractivity contribution in [2.75, 3.05) is 6.61 Å². The third-order valence-corrected chi connectivity index (χ3v) is 3.06. The van der Waals surface area contributed by atoms with Crippen LogP contribution in [0, 0.1) is 0 Å². The van der Waals surface area contributed by atoms with Crippen LogP contribution in [-0.4, -0.2) is 17.6 Å². The smallest absolute Gasteiger partial charge is 0.374 e. The van der Waals surface area contributed by atoms with Gasteiger partial charge in [0.15, 0.2) is 0 Å². The van der Waals surface area contributed by atoms with Crippen LogP contribution in [0.15, 0.2) is 53.4 Å². The summed E-state index contributed by atoms with van der Waals surface area (Å²) in [5, 5.41) is 1.63. The summed E-state index contributed by atoms with van der Waals surface area (Å²) in [6.45, 7) is 2.10. The zero-order valence-corrected chi connectivity index (χ0v) is 11.0. The molecule has 100 valence electrons. The normalized spacial score (nSPS) is 10.7. The molecule has 0 unspecified atom stereocenters. The van der Waals surface area contributed by atoms with Crippen molar-refractivity contribution in [3.05, 3.63) is 54.7 Å². The van der Waals surface area contributed by atoms with Crippen molar-refractivity contribution in [3.63, 3.8) is 0 Å². The highest BCUT2D eigenvalue weighted by molar-refractivity contribution is 6.03. The summed E-state index contributed by atoms with van der Waals surface area (Å²) < 4.78 is 10.3. The largest absolute Gasteiger partial charge is 0.460 e. The van der Waals surface area contributed by atoms with E-state index in [0.717, 1.165) is 21.9 Å². The van der Waals surface area contributed by atoms with Gasteiger partial charge < -0.3 is 9.15 Å². The molecule has 0 saturated carbocycles. The summed E-state index contributed by atoms with van der Waals surface area (Å²) in [6, 6.07) is 9.66. The van der Waals surface area contributed by atoms with Crippen molar-refractivity contribution < 1.29 is 13.9 Å². The van der Waals surface area contributed by atoms with Crippen molar-refractivity contribution in [1.29, 1.82) is 0 Å². The predicted molar refractivity (Wildman–Crippen MR) is 75.4 cm³/mol. The molecule has 0 aliphatic heterocycles. The molecule has 2 aromatic heterocycles. The molecule has 0 aliphatic rings. The maximum absolute atomic E-state index is 11.7. The van der Waals surface area contributed by atoms with Crippen molar-refractivity contribution in [2.24, 2.45) is 0 Å². The Hall–Kier alpha value is -2.62. The third kappa shape index (κ3) is 2.16. The van der Waals surface area contributed by atoms with Crippen LogP contribution in [0.3, 0.4) is 0 Å². The highest BCUT2D eigenvalue weighted by atomic mass is 16.5. The van der Waals surface area contributed by atoms with Gasteiger partial charge in [0.1, 0.15) is 0 Å². The second kappa shape index (κ2) is 5.17. The van der Waals surface area contributed by atoms with Gasteiger partial charge in [-0.1, -0.05) is 12.1 Å². The number of pyridine rings is 1. The van der Waals surface area contributed by atoms with Crippen LogP contribution in [0.5, 0.6) is 0 Å². The average Bonchev–Trinajstić information content (AvgIpc) is 2.91. The van der Waals surface area contributed by atoms with Gasteiger partial charge in [-0.3, -0.25) is 4.98 Å². The van der Waals surface area contributed by atoms with Gasteiger partial charge in [-0.2, -0.15) is 0 Å². The Morgan fingerprint density at radius 3 is 2.95 bits per heavy atom. The number of hydrogen-bond donors (Lipinski definition) is 0. The summed E-state index contributed by atoms with van der Waals surface area (Å²) in [6.07, 6.45) is 5.10. The van der Waals surface area contributed by atoms with Crippen LogP contribution in [-0.2, 0) is 4.74 Å². The zero-order valence-electron chi connectivity index (χ0n) is 11.0. The van der Waals surface area contributed by atoms with E-state index in [1.54, 1.807) is 25.6 Å². The molecule has 0 fully saturated rings. The van der Waals surface area contributed by atoms with E-state index in [9.17, 15) is 4.79 Å². The van der Waals surface area contributed by atoms with Gasteiger partial charge in [-0.05, 0) is 30.7 Å². The lowest BCUT2D eigenvalue weighted by molar-refractivity contribution is 0.0493. The van der Waals surface area contributed by atoms with E-state index in [1.165, 1.54) is 0 Å². The van der Waals surface area contributed by atoms with E-state index in [-0.39, 0.29) is 5.76 Å². The standard InChI is InChI=1S/C16H13NO3/c1-2-19-16(18)15-14-6-5-11(8-13(14)10-20-15)12-4-3-7-17-9-12/h3-10H,2H2,1H3. The van der Waals surface area contributed by atoms with Gasteiger partial charge in [0.25, 0.3) is 0 Å². The number of aromatic nitrogens is 1. The molecule has 2 heterocycles. The first-order valence-corrected chi connectivity index (χ1v) is 6.38. The molecular weight excluding hydrogens is 254 g/mol. The third-order valence-electron chi connectivity index (χ3n) is 3.06. The van der Waals surface area contributed by atoms with Crippen LogP contribution in [0.25, 0.3) is 21.9 Å². The van der Waals surface area contributed by atoms with Crippen molar-refractivity contribution in [2.45, 2.75) is 6.92 Å². The van der Waals surface area contributed by atoms with Crippen molar-refractivity contribution >= 4 is 16.7 Å². The Kier molecular flexibility index (Phi) is 3.21. The maximum atomic E-state index is 11.7. The van der Waals surface area contributed by atoms with Gasteiger partial charge in [0.05, 0.1) is 12.9 Å². The molecule has 3 aromatic rings. The van der Waals surface area contributed by atoms with Gasteiger partial charge in [0, 0.05) is 28.7 Å². The Bertz CT molecular complexity index is 747. The summed E-state index contributed by atoms with van der Waals surface area (Å²) in [7, 11) is 0. The fourth-order valence-corrected chi connectivity index (χ4v) is 2.12. The molecule has 0 radical (unpaired) electrons. The Morgan fingerprint density at radius 1 is 1.30 bits per heavy atom. The maximum Gasteiger partial charge on any atom is 0.374 e. The van der Waals surface area contributed by atoms with Crippen molar-refractivity contribution in [3.8, 4) is 11.1 Å². The first-order valence-electron chi connectivity index (χ1n) is 6.38. The number of esters is 1. The monoisotopic (exact) mass is 267 g/mol. The fourth-order valence-electron chi connectivity index (χ4n) is 2.12. The zero-order chi connectivity index (χ0) is 13.9. The van der Waals surface area contributed by atoms with E-state index < -0.39 is 5.97 Å². The SMILES string of the molecule is CCOC(=O)c1occ2cc(-c3cccnc3)ccc12. The number of carbonyl (C=O) groups excluding carboxylic acids is 1. The summed E-state index contributed by atoms with van der Waals surface area (Å²) in [5.41, 5.74) is 2.05. The van der Waals surface area contributed by atoms with Gasteiger partial charge in [-0.15, -0.1) is 0 Å². The number of fused-ring (bicyclic) bond motifs is 1. The molecule has 1 aromatic carbocycles. The van der Waals surface area contributed by atoms with E-state index in [1.807, 2.05) is 30.3 Å². The lowest BCUT2D eigenvalue weighted by Crippen LogP contribution is -2.03. The fraction of sp³-hybridized carbons (Fsp3) is 0.125. The first-order chi connectivity index (χ1) is 9.79. The molecule has 20 heavy (non-hydrogen) atoms. The highest BCUT2D eigenvalue weighted by Crippen LogP contribution is 2.27. The lowest BCUT2D eigenvalue weighted by atomic mass is 10.0. The quantitative estimate of drug-likeness (QED) is 0.679. The minimum Gasteiger partial charge on any atom is -0.460 e. The minimum absolute atomic E-state index is 0.250. The van der Waals surface area contributed by atoms with Crippen LogP contribution in [0.1, 0.15) is 17.5 Å². The molecule has 3 rings (SSSR count). The highest BCUT2D eigenvalue weighted by Gasteiger charge is 2.16. The summed E-state index contributed by atoms with van der Waals surface area (Å²) in [5.74, 6) is -0.184. The predicted octanol–water partition coefficient (Wildman–Crippen LogP) is 3.67. The average molecular weight is 267 g/mol. The van der Waals surface area contributed by atoms with E-state index in [2.05, 4.69) is 4.98 Å². The van der Waals surface area contributed by atoms with E-state index >= 15 is 0 Å². The number of benzene rings is 1.